The summed E-state index contributed by atoms with van der Waals surface area (Å²) in [5.41, 5.74) is 1.71. The van der Waals surface area contributed by atoms with Crippen LogP contribution in [-0.4, -0.2) is 5.78 Å². The van der Waals surface area contributed by atoms with Gasteiger partial charge in [-0.05, 0) is 5.56 Å². The molecule has 2 heteroatoms. The van der Waals surface area contributed by atoms with Crippen LogP contribution in [0.15, 0.2) is 60.7 Å². The molecule has 0 saturated carbocycles. The van der Waals surface area contributed by atoms with E-state index in [4.69, 9.17) is 0 Å². The van der Waals surface area contributed by atoms with Crippen molar-refractivity contribution in [3.8, 4) is 0 Å². The largest absolute Gasteiger partial charge is 0.293 e. The number of Topliss-reactive ketones (excluding diaryl/α,β-unsaturated/α-hetero) is 1. The third-order valence-electron chi connectivity index (χ3n) is 2.38. The molecule has 0 heterocycles. The summed E-state index contributed by atoms with van der Waals surface area (Å²) in [6.45, 7) is 0. The van der Waals surface area contributed by atoms with E-state index >= 15 is 0 Å². The summed E-state index contributed by atoms with van der Waals surface area (Å²) in [7, 11) is 0. The lowest BCUT2D eigenvalue weighted by Gasteiger charge is -2.08. The van der Waals surface area contributed by atoms with Crippen molar-refractivity contribution in [3.63, 3.8) is 0 Å². The fourth-order valence-electron chi connectivity index (χ4n) is 1.52. The lowest BCUT2D eigenvalue weighted by Crippen LogP contribution is -2.06. The second kappa shape index (κ2) is 5.08. The third kappa shape index (κ3) is 2.39. The number of hydrogen-bond donors (Lipinski definition) is 0. The molecule has 2 aromatic rings. The first kappa shape index (κ1) is 11.1. The minimum absolute atomic E-state index is 0.0896. The second-order valence-electron chi connectivity index (χ2n) is 3.50. The lowest BCUT2D eigenvalue weighted by molar-refractivity contribution is 0.0991. The Morgan fingerprint density at radius 1 is 0.875 bits per heavy atom. The zero-order valence-corrected chi connectivity index (χ0v) is 10.2. The molecule has 0 aliphatic carbocycles. The maximum absolute atomic E-state index is 12.1. The van der Waals surface area contributed by atoms with Crippen LogP contribution in [0.2, 0.25) is 0 Å². The fourth-order valence-corrected chi connectivity index (χ4v) is 2.09. The lowest BCUT2D eigenvalue weighted by atomic mass is 10.0. The molecule has 80 valence electrons. The van der Waals surface area contributed by atoms with Gasteiger partial charge in [-0.25, -0.2) is 0 Å². The van der Waals surface area contributed by atoms with Gasteiger partial charge in [0.25, 0.3) is 0 Å². The Hall–Kier alpha value is -1.41. The van der Waals surface area contributed by atoms with Crippen LogP contribution in [0.5, 0.6) is 0 Å². The molecule has 1 atom stereocenters. The SMILES string of the molecule is O=C(c1ccccc1)[C@H](Br)c1ccccc1. The van der Waals surface area contributed by atoms with Gasteiger partial charge in [-0.1, -0.05) is 76.6 Å². The molecule has 0 bridgehead atoms. The van der Waals surface area contributed by atoms with Crippen molar-refractivity contribution >= 4 is 21.7 Å². The van der Waals surface area contributed by atoms with Gasteiger partial charge in [0.15, 0.2) is 5.78 Å². The van der Waals surface area contributed by atoms with Crippen molar-refractivity contribution in [3.05, 3.63) is 71.8 Å². The molecular weight excluding hydrogens is 264 g/mol. The number of ketones is 1. The van der Waals surface area contributed by atoms with Gasteiger partial charge in [-0.2, -0.15) is 0 Å². The van der Waals surface area contributed by atoms with E-state index in [-0.39, 0.29) is 10.6 Å². The Morgan fingerprint density at radius 3 is 1.94 bits per heavy atom. The van der Waals surface area contributed by atoms with E-state index in [1.54, 1.807) is 0 Å². The van der Waals surface area contributed by atoms with Crippen molar-refractivity contribution in [1.29, 1.82) is 0 Å². The number of rotatable bonds is 3. The predicted octanol–water partition coefficient (Wildman–Crippen LogP) is 4.01. The molecule has 0 saturated heterocycles. The van der Waals surface area contributed by atoms with Gasteiger partial charge in [-0.3, -0.25) is 4.79 Å². The van der Waals surface area contributed by atoms with Gasteiger partial charge in [0, 0.05) is 5.56 Å². The number of carbonyl (C=O) groups excluding carboxylic acids is 1. The highest BCUT2D eigenvalue weighted by atomic mass is 79.9. The van der Waals surface area contributed by atoms with Crippen molar-refractivity contribution in [2.45, 2.75) is 4.83 Å². The highest BCUT2D eigenvalue weighted by Crippen LogP contribution is 2.26. The van der Waals surface area contributed by atoms with Crippen molar-refractivity contribution in [1.82, 2.24) is 0 Å². The maximum Gasteiger partial charge on any atom is 0.180 e. The van der Waals surface area contributed by atoms with E-state index in [1.165, 1.54) is 0 Å². The molecule has 16 heavy (non-hydrogen) atoms. The van der Waals surface area contributed by atoms with Crippen LogP contribution in [-0.2, 0) is 0 Å². The van der Waals surface area contributed by atoms with Gasteiger partial charge >= 0.3 is 0 Å². The number of halogens is 1. The maximum atomic E-state index is 12.1. The monoisotopic (exact) mass is 274 g/mol. The normalized spacial score (nSPS) is 12.1. The van der Waals surface area contributed by atoms with Crippen LogP contribution in [0, 0.1) is 0 Å². The molecule has 2 rings (SSSR count). The highest BCUT2D eigenvalue weighted by Gasteiger charge is 2.17. The summed E-state index contributed by atoms with van der Waals surface area (Å²) in [5.74, 6) is 0.0896. The van der Waals surface area contributed by atoms with Crippen molar-refractivity contribution < 1.29 is 4.79 Å². The van der Waals surface area contributed by atoms with E-state index in [9.17, 15) is 4.79 Å². The summed E-state index contributed by atoms with van der Waals surface area (Å²) >= 11 is 3.44. The van der Waals surface area contributed by atoms with Gasteiger partial charge in [0.05, 0.1) is 0 Å². The number of hydrogen-bond acceptors (Lipinski definition) is 1. The van der Waals surface area contributed by atoms with Crippen LogP contribution >= 0.6 is 15.9 Å². The number of benzene rings is 2. The molecule has 0 radical (unpaired) electrons. The Bertz CT molecular complexity index is 465. The molecule has 0 N–H and O–H groups in total. The van der Waals surface area contributed by atoms with Crippen molar-refractivity contribution in [2.75, 3.05) is 0 Å². The van der Waals surface area contributed by atoms with E-state index in [2.05, 4.69) is 15.9 Å². The topological polar surface area (TPSA) is 17.1 Å². The van der Waals surface area contributed by atoms with E-state index in [1.807, 2.05) is 60.7 Å². The van der Waals surface area contributed by atoms with Gasteiger partial charge in [0.2, 0.25) is 0 Å². The molecule has 0 unspecified atom stereocenters. The summed E-state index contributed by atoms with van der Waals surface area (Å²) in [5, 5.41) is 0. The van der Waals surface area contributed by atoms with E-state index < -0.39 is 0 Å². The molecular formula is C14H11BrO. The van der Waals surface area contributed by atoms with Gasteiger partial charge in [0.1, 0.15) is 4.83 Å². The number of carbonyl (C=O) groups is 1. The minimum atomic E-state index is -0.268. The summed E-state index contributed by atoms with van der Waals surface area (Å²) in [6, 6.07) is 19.0. The average molecular weight is 275 g/mol. The summed E-state index contributed by atoms with van der Waals surface area (Å²) in [6.07, 6.45) is 0. The Kier molecular flexibility index (Phi) is 3.52. The zero-order chi connectivity index (χ0) is 11.4. The average Bonchev–Trinajstić information content (AvgIpc) is 2.39. The molecule has 0 spiro atoms. The Morgan fingerprint density at radius 2 is 1.38 bits per heavy atom. The first-order chi connectivity index (χ1) is 7.79. The summed E-state index contributed by atoms with van der Waals surface area (Å²) in [4.78, 5) is 11.8. The highest BCUT2D eigenvalue weighted by molar-refractivity contribution is 9.09. The second-order valence-corrected chi connectivity index (χ2v) is 4.42. The fraction of sp³-hybridized carbons (Fsp3) is 0.0714. The quantitative estimate of drug-likeness (QED) is 0.611. The Labute approximate surface area is 103 Å². The summed E-state index contributed by atoms with van der Waals surface area (Å²) < 4.78 is 0. The minimum Gasteiger partial charge on any atom is -0.293 e. The van der Waals surface area contributed by atoms with Crippen LogP contribution < -0.4 is 0 Å². The van der Waals surface area contributed by atoms with Crippen LogP contribution in [0.4, 0.5) is 0 Å². The van der Waals surface area contributed by atoms with Gasteiger partial charge < -0.3 is 0 Å². The van der Waals surface area contributed by atoms with Crippen LogP contribution in [0.1, 0.15) is 20.7 Å². The Balaban J connectivity index is 2.24. The van der Waals surface area contributed by atoms with E-state index in [0.29, 0.717) is 0 Å². The van der Waals surface area contributed by atoms with Crippen molar-refractivity contribution in [2.24, 2.45) is 0 Å². The zero-order valence-electron chi connectivity index (χ0n) is 8.64. The third-order valence-corrected chi connectivity index (χ3v) is 3.33. The molecule has 0 aliphatic heterocycles. The predicted molar refractivity (Wildman–Crippen MR) is 68.9 cm³/mol. The molecule has 0 aromatic heterocycles. The first-order valence-electron chi connectivity index (χ1n) is 5.07. The molecule has 0 aliphatic rings. The smallest absolute Gasteiger partial charge is 0.180 e. The van der Waals surface area contributed by atoms with E-state index in [0.717, 1.165) is 11.1 Å². The standard InChI is InChI=1S/C14H11BrO/c15-13(11-7-3-1-4-8-11)14(16)12-9-5-2-6-10-12/h1-10,13H/t13-/m1/s1. The molecule has 0 amide bonds. The molecule has 2 aromatic carbocycles. The van der Waals surface area contributed by atoms with Gasteiger partial charge in [-0.15, -0.1) is 0 Å². The van der Waals surface area contributed by atoms with Crippen LogP contribution in [0.25, 0.3) is 0 Å². The molecule has 0 fully saturated rings. The number of alkyl halides is 1. The first-order valence-corrected chi connectivity index (χ1v) is 5.99. The molecule has 1 nitrogen and oxygen atoms in total. The van der Waals surface area contributed by atoms with Crippen LogP contribution in [0.3, 0.4) is 0 Å².